The van der Waals surface area contributed by atoms with E-state index in [0.717, 1.165) is 22.3 Å². The molecule has 0 bridgehead atoms. The van der Waals surface area contributed by atoms with Crippen molar-refractivity contribution in [3.05, 3.63) is 35.9 Å². The van der Waals surface area contributed by atoms with Crippen LogP contribution in [-0.2, 0) is 30.4 Å². The summed E-state index contributed by atoms with van der Waals surface area (Å²) in [4.78, 5) is 61.6. The van der Waals surface area contributed by atoms with Crippen LogP contribution < -0.4 is 5.32 Å². The van der Waals surface area contributed by atoms with Gasteiger partial charge in [0.05, 0.1) is 17.7 Å². The Bertz CT molecular complexity index is 877. The first-order chi connectivity index (χ1) is 14.8. The molecule has 1 aromatic carbocycles. The second kappa shape index (κ2) is 9.95. The first kappa shape index (κ1) is 22.8. The third-order valence-corrected chi connectivity index (χ3v) is 6.39. The Labute approximate surface area is 184 Å². The second-order valence-electron chi connectivity index (χ2n) is 7.65. The Morgan fingerprint density at radius 2 is 1.87 bits per heavy atom. The number of fused-ring (bicyclic) bond motifs is 1. The molecule has 0 saturated carbocycles. The molecule has 2 aliphatic heterocycles. The Morgan fingerprint density at radius 1 is 1.16 bits per heavy atom. The molecular formula is C21H25N3O6S. The number of amides is 3. The van der Waals surface area contributed by atoms with Gasteiger partial charge in [0.25, 0.3) is 5.91 Å². The number of hydrogen-bond acceptors (Lipinski definition) is 6. The molecule has 0 aliphatic carbocycles. The highest BCUT2D eigenvalue weighted by Crippen LogP contribution is 2.24. The van der Waals surface area contributed by atoms with Gasteiger partial charge in [0.15, 0.2) is 5.12 Å². The molecule has 3 amide bonds. The predicted octanol–water partition coefficient (Wildman–Crippen LogP) is 0.833. The summed E-state index contributed by atoms with van der Waals surface area (Å²) >= 11 is 0.894. The van der Waals surface area contributed by atoms with Crippen LogP contribution in [0.4, 0.5) is 0 Å². The van der Waals surface area contributed by atoms with E-state index >= 15 is 0 Å². The van der Waals surface area contributed by atoms with Crippen molar-refractivity contribution < 1.29 is 29.1 Å². The maximum absolute atomic E-state index is 13.1. The number of aliphatic carboxylic acids is 1. The summed E-state index contributed by atoms with van der Waals surface area (Å²) in [6, 6.07) is 8.29. The van der Waals surface area contributed by atoms with E-state index in [9.17, 15) is 29.1 Å². The van der Waals surface area contributed by atoms with Crippen molar-refractivity contribution >= 4 is 40.6 Å². The van der Waals surface area contributed by atoms with E-state index in [-0.39, 0.29) is 43.4 Å². The number of carbonyl (C=O) groups excluding carboxylic acids is 4. The standard InChI is InChI=1S/C21H25N3O6S/c1-13(25)31-17(11-14-5-3-2-4-6-14)19(27)22-16-7-8-18(26)23-10-9-15(21(29)30)12-24(23)20(16)28/h2-6,15-17H,7-12H2,1H3,(H,22,27)(H,29,30)/t15-,16-,17-/m0/s1. The molecule has 0 unspecified atom stereocenters. The summed E-state index contributed by atoms with van der Waals surface area (Å²) in [5, 5.41) is 13.5. The van der Waals surface area contributed by atoms with E-state index in [4.69, 9.17) is 0 Å². The van der Waals surface area contributed by atoms with Gasteiger partial charge in [-0.25, -0.2) is 5.01 Å². The molecule has 2 saturated heterocycles. The molecule has 3 rings (SSSR count). The normalized spacial score (nSPS) is 22.4. The Hall–Kier alpha value is -2.88. The lowest BCUT2D eigenvalue weighted by Crippen LogP contribution is -2.59. The van der Waals surface area contributed by atoms with Crippen LogP contribution in [0.1, 0.15) is 31.7 Å². The topological polar surface area (TPSA) is 124 Å². The van der Waals surface area contributed by atoms with E-state index < -0.39 is 35.0 Å². The summed E-state index contributed by atoms with van der Waals surface area (Å²) in [6.45, 7) is 1.42. The molecule has 2 fully saturated rings. The van der Waals surface area contributed by atoms with Crippen molar-refractivity contribution in [1.29, 1.82) is 0 Å². The largest absolute Gasteiger partial charge is 0.481 e. The van der Waals surface area contributed by atoms with E-state index in [1.165, 1.54) is 11.9 Å². The predicted molar refractivity (Wildman–Crippen MR) is 113 cm³/mol. The van der Waals surface area contributed by atoms with Crippen molar-refractivity contribution in [2.75, 3.05) is 13.1 Å². The van der Waals surface area contributed by atoms with Crippen molar-refractivity contribution in [2.24, 2.45) is 5.92 Å². The van der Waals surface area contributed by atoms with Crippen LogP contribution in [0.25, 0.3) is 0 Å². The number of carboxylic acids is 1. The third-order valence-electron chi connectivity index (χ3n) is 5.39. The van der Waals surface area contributed by atoms with E-state index in [0.29, 0.717) is 6.42 Å². The first-order valence-corrected chi connectivity index (χ1v) is 11.0. The zero-order chi connectivity index (χ0) is 22.5. The van der Waals surface area contributed by atoms with Crippen LogP contribution in [-0.4, -0.2) is 68.3 Å². The average Bonchev–Trinajstić information content (AvgIpc) is 2.85. The summed E-state index contributed by atoms with van der Waals surface area (Å²) in [5.41, 5.74) is 0.880. The van der Waals surface area contributed by atoms with Gasteiger partial charge in [-0.15, -0.1) is 0 Å². The zero-order valence-corrected chi connectivity index (χ0v) is 18.0. The minimum Gasteiger partial charge on any atom is -0.481 e. The van der Waals surface area contributed by atoms with Gasteiger partial charge < -0.3 is 10.4 Å². The molecule has 31 heavy (non-hydrogen) atoms. The molecule has 0 spiro atoms. The van der Waals surface area contributed by atoms with Gasteiger partial charge >= 0.3 is 5.97 Å². The molecule has 2 N–H and O–H groups in total. The minimum absolute atomic E-state index is 0.0636. The summed E-state index contributed by atoms with van der Waals surface area (Å²) in [5.74, 6) is -3.02. The first-order valence-electron chi connectivity index (χ1n) is 10.1. The number of rotatable bonds is 6. The molecule has 166 valence electrons. The van der Waals surface area contributed by atoms with Gasteiger partial charge in [0.2, 0.25) is 11.8 Å². The fourth-order valence-electron chi connectivity index (χ4n) is 3.78. The van der Waals surface area contributed by atoms with E-state index in [1.807, 2.05) is 30.3 Å². The SMILES string of the molecule is CC(=O)S[C@@H](Cc1ccccc1)C(=O)N[C@H]1CCC(=O)N2CC[C@H](C(=O)O)CN2C1=O. The molecule has 10 heteroatoms. The van der Waals surface area contributed by atoms with Gasteiger partial charge in [-0.1, -0.05) is 42.1 Å². The monoisotopic (exact) mass is 447 g/mol. The van der Waals surface area contributed by atoms with E-state index in [1.54, 1.807) is 0 Å². The fraction of sp³-hybridized carbons (Fsp3) is 0.476. The van der Waals surface area contributed by atoms with Crippen molar-refractivity contribution in [3.63, 3.8) is 0 Å². The fourth-order valence-corrected chi connectivity index (χ4v) is 4.63. The van der Waals surface area contributed by atoms with Crippen LogP contribution in [0.5, 0.6) is 0 Å². The molecule has 9 nitrogen and oxygen atoms in total. The van der Waals surface area contributed by atoms with Crippen LogP contribution >= 0.6 is 11.8 Å². The summed E-state index contributed by atoms with van der Waals surface area (Å²) in [6.07, 6.45) is 0.773. The number of hydrazine groups is 1. The lowest BCUT2D eigenvalue weighted by atomic mass is 10.0. The quantitative estimate of drug-likeness (QED) is 0.662. The number of carbonyl (C=O) groups is 5. The molecule has 2 aliphatic rings. The molecular weight excluding hydrogens is 422 g/mol. The van der Waals surface area contributed by atoms with Gasteiger partial charge in [0.1, 0.15) is 6.04 Å². The van der Waals surface area contributed by atoms with Gasteiger partial charge in [0, 0.05) is 19.9 Å². The Kier molecular flexibility index (Phi) is 7.32. The lowest BCUT2D eigenvalue weighted by molar-refractivity contribution is -0.173. The zero-order valence-electron chi connectivity index (χ0n) is 17.2. The summed E-state index contributed by atoms with van der Waals surface area (Å²) < 4.78 is 0. The number of nitrogens with zero attached hydrogens (tertiary/aromatic N) is 2. The number of thioether (sulfide) groups is 1. The maximum atomic E-state index is 13.1. The van der Waals surface area contributed by atoms with Crippen molar-refractivity contribution in [1.82, 2.24) is 15.3 Å². The number of benzene rings is 1. The van der Waals surface area contributed by atoms with Crippen LogP contribution in [0.2, 0.25) is 0 Å². The second-order valence-corrected chi connectivity index (χ2v) is 9.03. The molecule has 3 atom stereocenters. The third kappa shape index (κ3) is 5.63. The van der Waals surface area contributed by atoms with Gasteiger partial charge in [-0.05, 0) is 24.8 Å². The van der Waals surface area contributed by atoms with Gasteiger partial charge in [-0.2, -0.15) is 0 Å². The molecule has 1 aromatic rings. The number of hydrogen-bond donors (Lipinski definition) is 2. The minimum atomic E-state index is -1.02. The molecule has 0 radical (unpaired) electrons. The Morgan fingerprint density at radius 3 is 2.52 bits per heavy atom. The molecule has 0 aromatic heterocycles. The van der Waals surface area contributed by atoms with E-state index in [2.05, 4.69) is 5.32 Å². The van der Waals surface area contributed by atoms with Crippen LogP contribution in [0, 0.1) is 5.92 Å². The molecule has 2 heterocycles. The Balaban J connectivity index is 1.74. The highest BCUT2D eigenvalue weighted by Gasteiger charge is 2.42. The number of nitrogens with one attached hydrogen (secondary N) is 1. The average molecular weight is 448 g/mol. The number of carboxylic acid groups (broad SMARTS) is 1. The highest BCUT2D eigenvalue weighted by molar-refractivity contribution is 8.14. The van der Waals surface area contributed by atoms with Crippen LogP contribution in [0.3, 0.4) is 0 Å². The smallest absolute Gasteiger partial charge is 0.308 e. The lowest BCUT2D eigenvalue weighted by Gasteiger charge is -2.40. The maximum Gasteiger partial charge on any atom is 0.308 e. The van der Waals surface area contributed by atoms with Crippen LogP contribution in [0.15, 0.2) is 30.3 Å². The van der Waals surface area contributed by atoms with Crippen molar-refractivity contribution in [3.8, 4) is 0 Å². The van der Waals surface area contributed by atoms with Crippen molar-refractivity contribution in [2.45, 2.75) is 43.9 Å². The van der Waals surface area contributed by atoms with Gasteiger partial charge in [-0.3, -0.25) is 29.0 Å². The highest BCUT2D eigenvalue weighted by atomic mass is 32.2. The summed E-state index contributed by atoms with van der Waals surface area (Å²) in [7, 11) is 0.